The first kappa shape index (κ1) is 22.0. The van der Waals surface area contributed by atoms with Crippen LogP contribution in [0.5, 0.6) is 0 Å². The number of halogens is 4. The Bertz CT molecular complexity index is 841. The Hall–Kier alpha value is -2.34. The number of nitrogens with zero attached hydrogens (tertiary/aromatic N) is 1. The van der Waals surface area contributed by atoms with Gasteiger partial charge in [0.15, 0.2) is 0 Å². The van der Waals surface area contributed by atoms with Crippen molar-refractivity contribution in [1.29, 1.82) is 0 Å². The Morgan fingerprint density at radius 1 is 1.00 bits per heavy atom. The number of benzene rings is 2. The number of hydrazine groups is 1. The Balaban J connectivity index is 0.00000136. The van der Waals surface area contributed by atoms with E-state index in [0.29, 0.717) is 11.6 Å². The van der Waals surface area contributed by atoms with Gasteiger partial charge in [0, 0.05) is 12.2 Å². The van der Waals surface area contributed by atoms with Crippen LogP contribution in [0.25, 0.3) is 11.1 Å². The van der Waals surface area contributed by atoms with Gasteiger partial charge in [-0.15, -0.1) is 0 Å². The first-order valence-electron chi connectivity index (χ1n) is 9.41. The van der Waals surface area contributed by atoms with E-state index in [-0.39, 0.29) is 17.5 Å². The highest BCUT2D eigenvalue weighted by Gasteiger charge is 2.31. The van der Waals surface area contributed by atoms with Crippen LogP contribution in [0.15, 0.2) is 48.7 Å². The first-order valence-corrected chi connectivity index (χ1v) is 9.41. The Morgan fingerprint density at radius 2 is 1.68 bits per heavy atom. The normalized spacial score (nSPS) is 16.4. The maximum atomic E-state index is 13.8. The Morgan fingerprint density at radius 3 is 2.21 bits per heavy atom. The summed E-state index contributed by atoms with van der Waals surface area (Å²) in [7, 11) is 0. The van der Waals surface area contributed by atoms with Crippen LogP contribution in [0, 0.1) is 5.82 Å². The molecule has 1 N–H and O–H groups in total. The molecule has 1 unspecified atom stereocenters. The zero-order chi connectivity index (χ0) is 21.1. The SMILES string of the molecule is CC.CC1C=CN(c2cc(-c3cc(F)cc(C(F)(F)F)c3)ccc2C(C)C)N1. The van der Waals surface area contributed by atoms with Crippen LogP contribution in [0.4, 0.5) is 23.2 Å². The molecule has 2 nitrogen and oxygen atoms in total. The monoisotopic (exact) mass is 394 g/mol. The van der Waals surface area contributed by atoms with Gasteiger partial charge in [-0.1, -0.05) is 39.8 Å². The predicted octanol–water partition coefficient (Wildman–Crippen LogP) is 6.89. The van der Waals surface area contributed by atoms with Crippen molar-refractivity contribution in [3.63, 3.8) is 0 Å². The standard InChI is InChI=1S/C20H20F4N2.C2H6/c1-12(2)18-5-4-14(10-19(18)26-7-6-13(3)25-26)15-8-16(20(22,23)24)11-17(21)9-15;1-2/h4-13,25H,1-3H3;1-2H3. The van der Waals surface area contributed by atoms with E-state index in [1.165, 1.54) is 0 Å². The number of rotatable bonds is 3. The molecule has 0 aromatic heterocycles. The molecule has 1 atom stereocenters. The van der Waals surface area contributed by atoms with Crippen molar-refractivity contribution in [2.24, 2.45) is 0 Å². The minimum absolute atomic E-state index is 0.157. The second-order valence-corrected chi connectivity index (χ2v) is 6.78. The Kier molecular flexibility index (Phi) is 6.88. The van der Waals surface area contributed by atoms with Gasteiger partial charge in [-0.25, -0.2) is 9.82 Å². The summed E-state index contributed by atoms with van der Waals surface area (Å²) < 4.78 is 52.8. The van der Waals surface area contributed by atoms with Gasteiger partial charge in [-0.2, -0.15) is 13.2 Å². The van der Waals surface area contributed by atoms with Crippen LogP contribution in [0.1, 0.15) is 51.7 Å². The minimum atomic E-state index is -4.59. The van der Waals surface area contributed by atoms with Crippen molar-refractivity contribution in [3.05, 3.63) is 65.6 Å². The summed E-state index contributed by atoms with van der Waals surface area (Å²) in [6.07, 6.45) is -0.713. The van der Waals surface area contributed by atoms with Crippen LogP contribution in [-0.4, -0.2) is 6.04 Å². The molecule has 28 heavy (non-hydrogen) atoms. The minimum Gasteiger partial charge on any atom is -0.284 e. The molecular weight excluding hydrogens is 368 g/mol. The van der Waals surface area contributed by atoms with Crippen LogP contribution in [0.2, 0.25) is 0 Å². The highest BCUT2D eigenvalue weighted by Crippen LogP contribution is 2.36. The van der Waals surface area contributed by atoms with Gasteiger partial charge in [0.1, 0.15) is 5.82 Å². The van der Waals surface area contributed by atoms with E-state index in [2.05, 4.69) is 5.43 Å². The quantitative estimate of drug-likeness (QED) is 0.570. The van der Waals surface area contributed by atoms with Gasteiger partial charge in [0.25, 0.3) is 0 Å². The van der Waals surface area contributed by atoms with Crippen LogP contribution >= 0.6 is 0 Å². The predicted molar refractivity (Wildman–Crippen MR) is 106 cm³/mol. The van der Waals surface area contributed by atoms with Crippen molar-refractivity contribution in [3.8, 4) is 11.1 Å². The van der Waals surface area contributed by atoms with E-state index in [0.717, 1.165) is 23.4 Å². The highest BCUT2D eigenvalue weighted by atomic mass is 19.4. The molecule has 2 aromatic carbocycles. The van der Waals surface area contributed by atoms with E-state index in [1.807, 2.05) is 58.0 Å². The van der Waals surface area contributed by atoms with Crippen LogP contribution in [0.3, 0.4) is 0 Å². The number of hydrogen-bond acceptors (Lipinski definition) is 2. The molecule has 1 aliphatic rings. The fraction of sp³-hybridized carbons (Fsp3) is 0.364. The lowest BCUT2D eigenvalue weighted by molar-refractivity contribution is -0.137. The molecule has 0 saturated carbocycles. The van der Waals surface area contributed by atoms with E-state index < -0.39 is 17.6 Å². The van der Waals surface area contributed by atoms with Gasteiger partial charge in [0.2, 0.25) is 0 Å². The second-order valence-electron chi connectivity index (χ2n) is 6.78. The number of alkyl halides is 3. The molecule has 1 heterocycles. The third-order valence-corrected chi connectivity index (χ3v) is 4.34. The summed E-state index contributed by atoms with van der Waals surface area (Å²) >= 11 is 0. The fourth-order valence-corrected chi connectivity index (χ4v) is 3.01. The summed E-state index contributed by atoms with van der Waals surface area (Å²) in [6, 6.07) is 8.18. The lowest BCUT2D eigenvalue weighted by Gasteiger charge is -2.24. The molecule has 6 heteroatoms. The molecule has 0 amide bonds. The van der Waals surface area contributed by atoms with E-state index >= 15 is 0 Å². The number of hydrogen-bond donors (Lipinski definition) is 1. The molecule has 1 aliphatic heterocycles. The molecule has 0 spiro atoms. The van der Waals surface area contributed by atoms with E-state index in [4.69, 9.17) is 0 Å². The lowest BCUT2D eigenvalue weighted by atomic mass is 9.95. The highest BCUT2D eigenvalue weighted by molar-refractivity contribution is 5.72. The maximum Gasteiger partial charge on any atom is 0.416 e. The molecule has 2 aromatic rings. The van der Waals surface area contributed by atoms with Crippen molar-refractivity contribution < 1.29 is 17.6 Å². The first-order chi connectivity index (χ1) is 13.1. The zero-order valence-electron chi connectivity index (χ0n) is 16.7. The average molecular weight is 394 g/mol. The summed E-state index contributed by atoms with van der Waals surface area (Å²) in [5, 5.41) is 1.85. The van der Waals surface area contributed by atoms with Gasteiger partial charge < -0.3 is 0 Å². The number of nitrogens with one attached hydrogen (secondary N) is 1. The largest absolute Gasteiger partial charge is 0.416 e. The molecule has 3 rings (SSSR count). The van der Waals surface area contributed by atoms with Gasteiger partial charge >= 0.3 is 6.18 Å². The maximum absolute atomic E-state index is 13.8. The molecular formula is C22H26F4N2. The Labute approximate surface area is 163 Å². The summed E-state index contributed by atoms with van der Waals surface area (Å²) in [5.41, 5.74) is 4.89. The van der Waals surface area contributed by atoms with Crippen LogP contribution < -0.4 is 10.4 Å². The summed E-state index contributed by atoms with van der Waals surface area (Å²) in [5.74, 6) is -0.680. The summed E-state index contributed by atoms with van der Waals surface area (Å²) in [6.45, 7) is 10.1. The molecule has 0 fully saturated rings. The smallest absolute Gasteiger partial charge is 0.284 e. The lowest BCUT2D eigenvalue weighted by Crippen LogP contribution is -2.34. The summed E-state index contributed by atoms with van der Waals surface area (Å²) in [4.78, 5) is 0. The van der Waals surface area contributed by atoms with Gasteiger partial charge in [-0.3, -0.25) is 5.01 Å². The van der Waals surface area contributed by atoms with Crippen LogP contribution in [-0.2, 0) is 6.18 Å². The van der Waals surface area contributed by atoms with E-state index in [1.54, 1.807) is 12.1 Å². The average Bonchev–Trinajstić information content (AvgIpc) is 3.08. The van der Waals surface area contributed by atoms with Crippen molar-refractivity contribution in [1.82, 2.24) is 5.43 Å². The molecule has 0 saturated heterocycles. The van der Waals surface area contributed by atoms with Gasteiger partial charge in [0.05, 0.1) is 11.3 Å². The number of anilines is 1. The molecule has 0 radical (unpaired) electrons. The fourth-order valence-electron chi connectivity index (χ4n) is 3.01. The van der Waals surface area contributed by atoms with E-state index in [9.17, 15) is 17.6 Å². The van der Waals surface area contributed by atoms with Crippen molar-refractivity contribution in [2.45, 2.75) is 52.8 Å². The van der Waals surface area contributed by atoms with Gasteiger partial charge in [-0.05, 0) is 59.9 Å². The third kappa shape index (κ3) is 4.93. The van der Waals surface area contributed by atoms with Crippen molar-refractivity contribution >= 4 is 5.69 Å². The van der Waals surface area contributed by atoms with Crippen molar-refractivity contribution in [2.75, 3.05) is 5.01 Å². The topological polar surface area (TPSA) is 15.3 Å². The second kappa shape index (κ2) is 8.78. The third-order valence-electron chi connectivity index (χ3n) is 4.34. The molecule has 152 valence electrons. The molecule has 0 bridgehead atoms. The zero-order valence-corrected chi connectivity index (χ0v) is 16.7. The molecule has 0 aliphatic carbocycles.